The van der Waals surface area contributed by atoms with Gasteiger partial charge < -0.3 is 0 Å². The number of nitrogens with one attached hydrogen (secondary N) is 1. The summed E-state index contributed by atoms with van der Waals surface area (Å²) in [6, 6.07) is 18.3. The monoisotopic (exact) mass is 500 g/mol. The number of carbonyl (C=O) groups is 1. The number of carbonyl (C=O) groups excluding carboxylic acids is 1. The van der Waals surface area contributed by atoms with Crippen molar-refractivity contribution in [2.24, 2.45) is 5.10 Å². The Morgan fingerprint density at radius 3 is 2.41 bits per heavy atom. The first kappa shape index (κ1) is 24.9. The fourth-order valence-electron chi connectivity index (χ4n) is 3.01. The lowest BCUT2D eigenvalue weighted by molar-refractivity contribution is -0.384. The van der Waals surface area contributed by atoms with Crippen molar-refractivity contribution in [3.05, 3.63) is 99.1 Å². The molecule has 0 saturated carbocycles. The number of rotatable bonds is 8. The number of benzene rings is 3. The van der Waals surface area contributed by atoms with E-state index in [4.69, 9.17) is 11.6 Å². The summed E-state index contributed by atoms with van der Waals surface area (Å²) in [5.74, 6) is -0.722. The van der Waals surface area contributed by atoms with E-state index < -0.39 is 27.4 Å². The standard InChI is InChI=1S/C23H21ClN4O5S/c1-16-10-12-20(13-11-16)34(32,33)27(22-9-4-3-8-21(22)24)15-23(29)26-25-17(2)18-6-5-7-19(14-18)28(30)31/h3-14H,15H2,1-2H3,(H,26,29)/b25-17-. The number of non-ortho nitro benzene ring substituents is 1. The van der Waals surface area contributed by atoms with Gasteiger partial charge in [0.05, 0.1) is 26.2 Å². The molecule has 0 aliphatic carbocycles. The predicted molar refractivity (Wildman–Crippen MR) is 131 cm³/mol. The zero-order valence-electron chi connectivity index (χ0n) is 18.3. The number of aryl methyl sites for hydroxylation is 1. The van der Waals surface area contributed by atoms with Gasteiger partial charge in [-0.15, -0.1) is 0 Å². The fourth-order valence-corrected chi connectivity index (χ4v) is 4.74. The lowest BCUT2D eigenvalue weighted by Crippen LogP contribution is -2.40. The van der Waals surface area contributed by atoms with Gasteiger partial charge in [-0.05, 0) is 38.1 Å². The molecule has 3 rings (SSSR count). The van der Waals surface area contributed by atoms with Crippen LogP contribution in [0.25, 0.3) is 0 Å². The summed E-state index contributed by atoms with van der Waals surface area (Å²) in [5, 5.41) is 15.1. The van der Waals surface area contributed by atoms with E-state index in [0.29, 0.717) is 11.3 Å². The van der Waals surface area contributed by atoms with E-state index in [9.17, 15) is 23.3 Å². The summed E-state index contributed by atoms with van der Waals surface area (Å²) < 4.78 is 27.7. The van der Waals surface area contributed by atoms with Crippen LogP contribution in [0.1, 0.15) is 18.1 Å². The molecule has 0 aromatic heterocycles. The molecule has 1 N–H and O–H groups in total. The molecule has 0 bridgehead atoms. The number of para-hydroxylation sites is 1. The highest BCUT2D eigenvalue weighted by Gasteiger charge is 2.28. The molecular formula is C23H21ClN4O5S. The van der Waals surface area contributed by atoms with Crippen LogP contribution < -0.4 is 9.73 Å². The number of nitro benzene ring substituents is 1. The van der Waals surface area contributed by atoms with E-state index in [1.807, 2.05) is 6.92 Å². The highest BCUT2D eigenvalue weighted by Crippen LogP contribution is 2.30. The van der Waals surface area contributed by atoms with Crippen molar-refractivity contribution in [1.29, 1.82) is 0 Å². The number of hydrogen-bond donors (Lipinski definition) is 1. The van der Waals surface area contributed by atoms with Crippen LogP contribution in [0, 0.1) is 17.0 Å². The van der Waals surface area contributed by atoms with Crippen molar-refractivity contribution < 1.29 is 18.1 Å². The van der Waals surface area contributed by atoms with Crippen LogP contribution in [-0.4, -0.2) is 31.5 Å². The number of sulfonamides is 1. The number of hydrazone groups is 1. The summed E-state index contributed by atoms with van der Waals surface area (Å²) >= 11 is 6.25. The Bertz CT molecular complexity index is 1360. The quantitative estimate of drug-likeness (QED) is 0.281. The Balaban J connectivity index is 1.88. The third-order valence-electron chi connectivity index (χ3n) is 4.84. The molecule has 1 amide bonds. The normalized spacial score (nSPS) is 11.7. The van der Waals surface area contributed by atoms with Crippen molar-refractivity contribution in [1.82, 2.24) is 5.43 Å². The molecule has 0 atom stereocenters. The maximum Gasteiger partial charge on any atom is 0.270 e. The Hall–Kier alpha value is -3.76. The maximum absolute atomic E-state index is 13.4. The van der Waals surface area contributed by atoms with Gasteiger partial charge in [-0.3, -0.25) is 19.2 Å². The minimum Gasteiger partial charge on any atom is -0.271 e. The van der Waals surface area contributed by atoms with E-state index in [2.05, 4.69) is 10.5 Å². The van der Waals surface area contributed by atoms with Gasteiger partial charge in [-0.25, -0.2) is 13.8 Å². The van der Waals surface area contributed by atoms with Crippen LogP contribution in [0.2, 0.25) is 5.02 Å². The van der Waals surface area contributed by atoms with Crippen molar-refractivity contribution in [2.45, 2.75) is 18.7 Å². The average Bonchev–Trinajstić information content (AvgIpc) is 2.82. The van der Waals surface area contributed by atoms with Gasteiger partial charge in [0.25, 0.3) is 21.6 Å². The smallest absolute Gasteiger partial charge is 0.270 e. The molecule has 34 heavy (non-hydrogen) atoms. The molecule has 0 spiro atoms. The summed E-state index contributed by atoms with van der Waals surface area (Å²) in [6.07, 6.45) is 0. The summed E-state index contributed by atoms with van der Waals surface area (Å²) in [5.41, 5.74) is 3.96. The molecule has 0 aliphatic heterocycles. The molecular weight excluding hydrogens is 480 g/mol. The lowest BCUT2D eigenvalue weighted by atomic mass is 10.1. The van der Waals surface area contributed by atoms with E-state index in [-0.39, 0.29) is 21.3 Å². The van der Waals surface area contributed by atoms with E-state index in [1.165, 1.54) is 42.5 Å². The Labute approximate surface area is 201 Å². The van der Waals surface area contributed by atoms with Gasteiger partial charge in [-0.1, -0.05) is 53.6 Å². The Morgan fingerprint density at radius 1 is 1.09 bits per heavy atom. The molecule has 9 nitrogen and oxygen atoms in total. The van der Waals surface area contributed by atoms with Gasteiger partial charge in [0.1, 0.15) is 6.54 Å². The highest BCUT2D eigenvalue weighted by atomic mass is 35.5. The largest absolute Gasteiger partial charge is 0.271 e. The van der Waals surface area contributed by atoms with Gasteiger partial charge in [0.15, 0.2) is 0 Å². The van der Waals surface area contributed by atoms with Crippen molar-refractivity contribution in [3.8, 4) is 0 Å². The fraction of sp³-hybridized carbons (Fsp3) is 0.130. The number of anilines is 1. The number of amides is 1. The molecule has 11 heteroatoms. The highest BCUT2D eigenvalue weighted by molar-refractivity contribution is 7.92. The first-order chi connectivity index (χ1) is 16.1. The molecule has 0 saturated heterocycles. The third-order valence-corrected chi connectivity index (χ3v) is 6.93. The molecule has 3 aromatic carbocycles. The molecule has 3 aromatic rings. The summed E-state index contributed by atoms with van der Waals surface area (Å²) in [7, 11) is -4.13. The second-order valence-electron chi connectivity index (χ2n) is 7.32. The number of nitro groups is 1. The first-order valence-electron chi connectivity index (χ1n) is 10.0. The van der Waals surface area contributed by atoms with Crippen molar-refractivity contribution >= 4 is 44.6 Å². The molecule has 0 radical (unpaired) electrons. The van der Waals surface area contributed by atoms with Gasteiger partial charge >= 0.3 is 0 Å². The first-order valence-corrected chi connectivity index (χ1v) is 11.8. The van der Waals surface area contributed by atoms with Crippen LogP contribution in [0.5, 0.6) is 0 Å². The maximum atomic E-state index is 13.4. The minimum atomic E-state index is -4.13. The van der Waals surface area contributed by atoms with E-state index in [0.717, 1.165) is 9.87 Å². The van der Waals surface area contributed by atoms with E-state index >= 15 is 0 Å². The molecule has 0 unspecified atom stereocenters. The lowest BCUT2D eigenvalue weighted by Gasteiger charge is -2.24. The SMILES string of the molecule is C/C(=N/NC(=O)CN(c1ccccc1Cl)S(=O)(=O)c1ccc(C)cc1)c1cccc([N+](=O)[O-])c1. The number of hydrogen-bond acceptors (Lipinski definition) is 6. The Morgan fingerprint density at radius 2 is 1.76 bits per heavy atom. The van der Waals surface area contributed by atoms with Crippen LogP contribution in [0.3, 0.4) is 0 Å². The van der Waals surface area contributed by atoms with Crippen LogP contribution >= 0.6 is 11.6 Å². The van der Waals surface area contributed by atoms with Crippen LogP contribution in [0.15, 0.2) is 82.8 Å². The van der Waals surface area contributed by atoms with Gasteiger partial charge in [0.2, 0.25) is 0 Å². The number of nitrogens with zero attached hydrogens (tertiary/aromatic N) is 3. The van der Waals surface area contributed by atoms with Crippen molar-refractivity contribution in [2.75, 3.05) is 10.8 Å². The zero-order chi connectivity index (χ0) is 24.9. The molecule has 176 valence electrons. The van der Waals surface area contributed by atoms with Crippen LogP contribution in [-0.2, 0) is 14.8 Å². The van der Waals surface area contributed by atoms with Crippen LogP contribution in [0.4, 0.5) is 11.4 Å². The molecule has 0 fully saturated rings. The van der Waals surface area contributed by atoms with Crippen molar-refractivity contribution in [3.63, 3.8) is 0 Å². The second-order valence-corrected chi connectivity index (χ2v) is 9.59. The summed E-state index contributed by atoms with van der Waals surface area (Å²) in [6.45, 7) is 2.80. The predicted octanol–water partition coefficient (Wildman–Crippen LogP) is 4.29. The zero-order valence-corrected chi connectivity index (χ0v) is 19.9. The average molecular weight is 501 g/mol. The minimum absolute atomic E-state index is 0.00194. The van der Waals surface area contributed by atoms with E-state index in [1.54, 1.807) is 37.3 Å². The second kappa shape index (κ2) is 10.4. The van der Waals surface area contributed by atoms with Gasteiger partial charge in [-0.2, -0.15) is 5.10 Å². The Kier molecular flexibility index (Phi) is 7.64. The molecule has 0 aliphatic rings. The van der Waals surface area contributed by atoms with Gasteiger partial charge in [0, 0.05) is 17.7 Å². The number of halogens is 1. The topological polar surface area (TPSA) is 122 Å². The third kappa shape index (κ3) is 5.77. The summed E-state index contributed by atoms with van der Waals surface area (Å²) in [4.78, 5) is 23.2. The molecule has 0 heterocycles.